The topological polar surface area (TPSA) is 66.9 Å². The average molecular weight is 491 g/mol. The Kier molecular flexibility index (Phi) is 7.30. The molecule has 1 saturated heterocycles. The quantitative estimate of drug-likeness (QED) is 0.468. The number of hydrogen-bond acceptors (Lipinski definition) is 6. The first-order valence-corrected chi connectivity index (χ1v) is 13.6. The van der Waals surface area contributed by atoms with Crippen LogP contribution in [0.15, 0.2) is 64.2 Å². The van der Waals surface area contributed by atoms with Gasteiger partial charge in [-0.3, -0.25) is 4.79 Å². The van der Waals surface area contributed by atoms with Crippen molar-refractivity contribution in [2.75, 3.05) is 20.2 Å². The van der Waals surface area contributed by atoms with Crippen LogP contribution >= 0.6 is 22.7 Å². The molecule has 3 heterocycles. The van der Waals surface area contributed by atoms with Crippen molar-refractivity contribution in [2.45, 2.75) is 30.8 Å². The molecule has 1 aromatic carbocycles. The van der Waals surface area contributed by atoms with Crippen LogP contribution in [0.2, 0.25) is 0 Å². The first-order valence-electron chi connectivity index (χ1n) is 10.4. The van der Waals surface area contributed by atoms with Gasteiger partial charge in [0.05, 0.1) is 25.1 Å². The molecule has 0 saturated carbocycles. The molecular formula is C23H26N2O4S3. The molecule has 1 fully saturated rings. The summed E-state index contributed by atoms with van der Waals surface area (Å²) in [5, 5.41) is 4.04. The minimum absolute atomic E-state index is 0.105. The van der Waals surface area contributed by atoms with E-state index in [-0.39, 0.29) is 16.7 Å². The summed E-state index contributed by atoms with van der Waals surface area (Å²) in [4.78, 5) is 17.9. The van der Waals surface area contributed by atoms with E-state index >= 15 is 0 Å². The first-order chi connectivity index (χ1) is 15.5. The molecule has 170 valence electrons. The molecule has 2 aromatic heterocycles. The van der Waals surface area contributed by atoms with Crippen molar-refractivity contribution in [3.63, 3.8) is 0 Å². The highest BCUT2D eigenvalue weighted by atomic mass is 32.2. The molecule has 0 radical (unpaired) electrons. The van der Waals surface area contributed by atoms with E-state index in [1.165, 1.54) is 4.31 Å². The van der Waals surface area contributed by atoms with Crippen molar-refractivity contribution in [3.05, 3.63) is 69.0 Å². The predicted octanol–water partition coefficient (Wildman–Crippen LogP) is 4.45. The molecule has 6 nitrogen and oxygen atoms in total. The van der Waals surface area contributed by atoms with Gasteiger partial charge >= 0.3 is 0 Å². The van der Waals surface area contributed by atoms with E-state index in [1.807, 2.05) is 39.9 Å². The van der Waals surface area contributed by atoms with Crippen molar-refractivity contribution in [2.24, 2.45) is 5.92 Å². The van der Waals surface area contributed by atoms with Crippen LogP contribution in [0.4, 0.5) is 0 Å². The molecular weight excluding hydrogens is 464 g/mol. The summed E-state index contributed by atoms with van der Waals surface area (Å²) in [6, 6.07) is 14.5. The van der Waals surface area contributed by atoms with Crippen molar-refractivity contribution in [1.82, 2.24) is 9.21 Å². The highest BCUT2D eigenvalue weighted by molar-refractivity contribution is 7.89. The van der Waals surface area contributed by atoms with E-state index in [9.17, 15) is 13.2 Å². The molecule has 4 rings (SSSR count). The number of sulfonamides is 1. The zero-order valence-electron chi connectivity index (χ0n) is 17.8. The van der Waals surface area contributed by atoms with Gasteiger partial charge in [0.1, 0.15) is 5.75 Å². The summed E-state index contributed by atoms with van der Waals surface area (Å²) in [6.07, 6.45) is 1.05. The number of thiophene rings is 2. The SMILES string of the molecule is COc1ccc(S(=O)(=O)N2CCC(C(=O)N(Cc3cccs3)Cc3cccs3)CC2)cc1. The van der Waals surface area contributed by atoms with E-state index in [0.29, 0.717) is 44.8 Å². The van der Waals surface area contributed by atoms with Crippen molar-refractivity contribution in [1.29, 1.82) is 0 Å². The number of carbonyl (C=O) groups excluding carboxylic acids is 1. The van der Waals surface area contributed by atoms with Crippen LogP contribution in [-0.2, 0) is 27.9 Å². The monoisotopic (exact) mass is 490 g/mol. The zero-order valence-corrected chi connectivity index (χ0v) is 20.3. The normalized spacial score (nSPS) is 15.5. The van der Waals surface area contributed by atoms with E-state index in [0.717, 1.165) is 9.75 Å². The number of hydrogen-bond donors (Lipinski definition) is 0. The van der Waals surface area contributed by atoms with Gasteiger partial charge in [-0.15, -0.1) is 22.7 Å². The van der Waals surface area contributed by atoms with Gasteiger partial charge in [-0.2, -0.15) is 4.31 Å². The number of methoxy groups -OCH3 is 1. The number of piperidine rings is 1. The molecule has 0 unspecified atom stereocenters. The van der Waals surface area contributed by atoms with Gasteiger partial charge in [0, 0.05) is 28.8 Å². The fourth-order valence-electron chi connectivity index (χ4n) is 3.89. The minimum atomic E-state index is -3.58. The molecule has 1 aliphatic heterocycles. The van der Waals surface area contributed by atoms with Gasteiger partial charge in [0.25, 0.3) is 0 Å². The minimum Gasteiger partial charge on any atom is -0.497 e. The highest BCUT2D eigenvalue weighted by Gasteiger charge is 2.34. The fourth-order valence-corrected chi connectivity index (χ4v) is 6.80. The van der Waals surface area contributed by atoms with E-state index in [1.54, 1.807) is 54.0 Å². The summed E-state index contributed by atoms with van der Waals surface area (Å²) >= 11 is 3.29. The third-order valence-corrected chi connectivity index (χ3v) is 9.30. The van der Waals surface area contributed by atoms with Gasteiger partial charge in [-0.05, 0) is 60.0 Å². The molecule has 0 atom stereocenters. The molecule has 0 bridgehead atoms. The van der Waals surface area contributed by atoms with Gasteiger partial charge in [0.15, 0.2) is 0 Å². The Morgan fingerprint density at radius 1 is 1.00 bits per heavy atom. The molecule has 1 aliphatic rings. The van der Waals surface area contributed by atoms with Crippen molar-refractivity contribution in [3.8, 4) is 5.75 Å². The van der Waals surface area contributed by atoms with Gasteiger partial charge in [-0.1, -0.05) is 12.1 Å². The second-order valence-corrected chi connectivity index (χ2v) is 11.7. The Morgan fingerprint density at radius 2 is 1.56 bits per heavy atom. The molecule has 3 aromatic rings. The zero-order chi connectivity index (χ0) is 22.6. The van der Waals surface area contributed by atoms with Crippen LogP contribution in [0.5, 0.6) is 5.75 Å². The Balaban J connectivity index is 1.42. The maximum atomic E-state index is 13.4. The maximum Gasteiger partial charge on any atom is 0.243 e. The molecule has 0 spiro atoms. The van der Waals surface area contributed by atoms with E-state index in [2.05, 4.69) is 0 Å². The summed E-state index contributed by atoms with van der Waals surface area (Å²) in [5.74, 6) is 0.551. The lowest BCUT2D eigenvalue weighted by Gasteiger charge is -2.33. The predicted molar refractivity (Wildman–Crippen MR) is 127 cm³/mol. The summed E-state index contributed by atoms with van der Waals surface area (Å²) < 4.78 is 32.6. The van der Waals surface area contributed by atoms with E-state index in [4.69, 9.17) is 4.74 Å². The van der Waals surface area contributed by atoms with Gasteiger partial charge < -0.3 is 9.64 Å². The Hall–Kier alpha value is -2.20. The van der Waals surface area contributed by atoms with Gasteiger partial charge in [0.2, 0.25) is 15.9 Å². The van der Waals surface area contributed by atoms with Gasteiger partial charge in [-0.25, -0.2) is 8.42 Å². The molecule has 0 N–H and O–H groups in total. The van der Waals surface area contributed by atoms with Crippen LogP contribution in [-0.4, -0.2) is 43.7 Å². The number of carbonyl (C=O) groups is 1. The third-order valence-electron chi connectivity index (χ3n) is 5.67. The third kappa shape index (κ3) is 5.23. The molecule has 1 amide bonds. The second-order valence-electron chi connectivity index (χ2n) is 7.71. The van der Waals surface area contributed by atoms with Crippen molar-refractivity contribution < 1.29 is 17.9 Å². The lowest BCUT2D eigenvalue weighted by Crippen LogP contribution is -2.44. The number of benzene rings is 1. The largest absolute Gasteiger partial charge is 0.497 e. The lowest BCUT2D eigenvalue weighted by molar-refractivity contribution is -0.138. The maximum absolute atomic E-state index is 13.4. The Bertz CT molecular complexity index is 1070. The van der Waals surface area contributed by atoms with Crippen LogP contribution < -0.4 is 4.74 Å². The summed E-state index contributed by atoms with van der Waals surface area (Å²) in [7, 11) is -2.04. The number of nitrogens with zero attached hydrogens (tertiary/aromatic N) is 2. The lowest BCUT2D eigenvalue weighted by atomic mass is 9.96. The highest BCUT2D eigenvalue weighted by Crippen LogP contribution is 2.28. The molecule has 0 aliphatic carbocycles. The number of ether oxygens (including phenoxy) is 1. The Morgan fingerprint density at radius 3 is 2.03 bits per heavy atom. The smallest absolute Gasteiger partial charge is 0.243 e. The molecule has 32 heavy (non-hydrogen) atoms. The van der Waals surface area contributed by atoms with Crippen molar-refractivity contribution >= 4 is 38.6 Å². The molecule has 9 heteroatoms. The fraction of sp³-hybridized carbons (Fsp3) is 0.348. The standard InChI is InChI=1S/C23H26N2O4S3/c1-29-19-6-8-22(9-7-19)32(27,28)25-12-10-18(11-13-25)23(26)24(16-20-4-2-14-30-20)17-21-5-3-15-31-21/h2-9,14-15,18H,10-13,16-17H2,1H3. The number of rotatable bonds is 8. The summed E-state index contributed by atoms with van der Waals surface area (Å²) in [6.45, 7) is 1.85. The van der Waals surface area contributed by atoms with Crippen LogP contribution in [0, 0.1) is 5.92 Å². The van der Waals surface area contributed by atoms with Crippen LogP contribution in [0.25, 0.3) is 0 Å². The van der Waals surface area contributed by atoms with Crippen LogP contribution in [0.1, 0.15) is 22.6 Å². The Labute approximate surface area is 197 Å². The summed E-state index contributed by atoms with van der Waals surface area (Å²) in [5.41, 5.74) is 0. The van der Waals surface area contributed by atoms with E-state index < -0.39 is 10.0 Å². The first kappa shape index (κ1) is 23.0. The number of amides is 1. The van der Waals surface area contributed by atoms with Crippen LogP contribution in [0.3, 0.4) is 0 Å². The second kappa shape index (κ2) is 10.2. The average Bonchev–Trinajstić information content (AvgIpc) is 3.53.